The van der Waals surface area contributed by atoms with Crippen molar-refractivity contribution in [2.24, 2.45) is 0 Å². The van der Waals surface area contributed by atoms with Crippen molar-refractivity contribution in [2.45, 2.75) is 11.8 Å². The normalized spacial score (nSPS) is 11.3. The van der Waals surface area contributed by atoms with Crippen LogP contribution in [0.2, 0.25) is 0 Å². The van der Waals surface area contributed by atoms with Crippen LogP contribution < -0.4 is 17.0 Å². The smallest absolute Gasteiger partial charge is 0.425 e. The van der Waals surface area contributed by atoms with Gasteiger partial charge in [0.1, 0.15) is 5.75 Å². The van der Waals surface area contributed by atoms with Crippen LogP contribution in [0.4, 0.5) is 0 Å². The van der Waals surface area contributed by atoms with Gasteiger partial charge in [0.05, 0.1) is 16.5 Å². The lowest BCUT2D eigenvalue weighted by Gasteiger charge is -2.17. The summed E-state index contributed by atoms with van der Waals surface area (Å²) >= 11 is 0. The number of aryl methyl sites for hydroxylation is 1. The van der Waals surface area contributed by atoms with E-state index in [0.717, 1.165) is 12.1 Å². The fourth-order valence-corrected chi connectivity index (χ4v) is 4.35. The van der Waals surface area contributed by atoms with Gasteiger partial charge in [-0.1, -0.05) is 24.3 Å². The van der Waals surface area contributed by atoms with Crippen LogP contribution in [0.3, 0.4) is 0 Å². The molecule has 1 aliphatic carbocycles. The molecule has 0 fully saturated rings. The van der Waals surface area contributed by atoms with Crippen LogP contribution >= 0.6 is 0 Å². The van der Waals surface area contributed by atoms with Gasteiger partial charge in [-0.25, -0.2) is 4.79 Å². The molecule has 0 saturated carbocycles. The molecule has 0 unspecified atom stereocenters. The Kier molecular flexibility index (Phi) is 11.0. The van der Waals surface area contributed by atoms with Crippen molar-refractivity contribution < 1.29 is 72.3 Å². The molecule has 0 amide bonds. The van der Waals surface area contributed by atoms with Gasteiger partial charge in [-0.05, 0) is 36.8 Å². The van der Waals surface area contributed by atoms with Gasteiger partial charge in [0, 0.05) is 34.4 Å². The molecular weight excluding hydrogens is 630 g/mol. The molecule has 0 saturated heterocycles. The Morgan fingerprint density at radius 3 is 1.74 bits per heavy atom. The second kappa shape index (κ2) is 13.8. The third kappa shape index (κ3) is 8.08. The van der Waals surface area contributed by atoms with Crippen LogP contribution in [-0.4, -0.2) is 58.5 Å². The molecule has 0 atom stereocenters. The third-order valence-electron chi connectivity index (χ3n) is 5.84. The molecule has 0 radical (unpaired) electrons. The van der Waals surface area contributed by atoms with E-state index in [-0.39, 0.29) is 51.9 Å². The lowest BCUT2D eigenvalue weighted by atomic mass is 9.84. The zero-order valence-electron chi connectivity index (χ0n) is 21.7. The van der Waals surface area contributed by atoms with Crippen molar-refractivity contribution in [2.75, 3.05) is 0 Å². The second-order valence-electron chi connectivity index (χ2n) is 8.52. The van der Waals surface area contributed by atoms with Gasteiger partial charge in [0.15, 0.2) is 29.7 Å². The van der Waals surface area contributed by atoms with Crippen LogP contribution in [-0.2, 0) is 20.7 Å². The number of fused-ring (bicyclic) bond motifs is 2. The molecule has 224 valence electrons. The van der Waals surface area contributed by atoms with E-state index in [1.807, 2.05) is 0 Å². The first-order valence-corrected chi connectivity index (χ1v) is 13.9. The van der Waals surface area contributed by atoms with Crippen molar-refractivity contribution in [1.82, 2.24) is 0 Å². The zero-order chi connectivity index (χ0) is 31.4. The Bertz CT molecular complexity index is 1950. The Labute approximate surface area is 251 Å². The first kappa shape index (κ1) is 34.2. The standard InChI is InChI=1S/C14H8O5S.C13H11NO4.ClH.O3S/c15-13-9-3-1-2-4-10(9)14(16)12-7-8(20(17,18)19)5-6-11(12)13;1-8-6-12(16)10(7-11(8)15)14-4-2-9(3-5-14)13(17)18;;1-4(2)3/h1-7H,(H,17,18,19);2-7H,1H3,(H2-,15,16,17,18);1H;. The van der Waals surface area contributed by atoms with Crippen molar-refractivity contribution in [3.8, 4) is 17.2 Å². The van der Waals surface area contributed by atoms with Gasteiger partial charge in [0.25, 0.3) is 15.8 Å². The number of aromatic nitrogens is 1. The number of carbonyl (C=O) groups is 3. The maximum atomic E-state index is 12.3. The van der Waals surface area contributed by atoms with E-state index in [9.17, 15) is 33.0 Å². The maximum absolute atomic E-state index is 12.3. The summed E-state index contributed by atoms with van der Waals surface area (Å²) in [6.45, 7) is 1.68. The number of phenols is 2. The molecule has 3 aromatic carbocycles. The van der Waals surface area contributed by atoms with Crippen molar-refractivity contribution in [3.63, 3.8) is 0 Å². The number of aromatic carboxylic acids is 1. The summed E-state index contributed by atoms with van der Waals surface area (Å²) in [6, 6.07) is 15.4. The van der Waals surface area contributed by atoms with Gasteiger partial charge < -0.3 is 27.7 Å². The SMILES string of the molecule is Cc1cc(O)c(-[n+]2ccc(C(=O)O)cc2)cc1O.O=C1c2ccccc2C(=O)c2cc(S(=O)(=O)O)ccc21.O=S(=O)=O.[Cl-]. The van der Waals surface area contributed by atoms with E-state index in [4.69, 9.17) is 22.3 Å². The number of ketones is 2. The Hall–Kier alpha value is -4.96. The van der Waals surface area contributed by atoms with Gasteiger partial charge in [0.2, 0.25) is 0 Å². The molecule has 4 N–H and O–H groups in total. The molecule has 1 aromatic heterocycles. The lowest BCUT2D eigenvalue weighted by Crippen LogP contribution is -3.00. The number of halogens is 1. The predicted octanol–water partition coefficient (Wildman–Crippen LogP) is -0.910. The summed E-state index contributed by atoms with van der Waals surface area (Å²) in [7, 11) is -7.53. The Morgan fingerprint density at radius 2 is 1.26 bits per heavy atom. The minimum atomic E-state index is -4.42. The average Bonchev–Trinajstić information content (AvgIpc) is 2.93. The van der Waals surface area contributed by atoms with Gasteiger partial charge in [-0.2, -0.15) is 13.0 Å². The van der Waals surface area contributed by atoms with E-state index in [1.54, 1.807) is 25.1 Å². The average molecular weight is 650 g/mol. The van der Waals surface area contributed by atoms with Gasteiger partial charge in [-0.15, -0.1) is 12.6 Å². The quantitative estimate of drug-likeness (QED) is 0.106. The largest absolute Gasteiger partial charge is 1.00 e. The molecule has 0 aliphatic heterocycles. The summed E-state index contributed by atoms with van der Waals surface area (Å²) < 4.78 is 58.1. The lowest BCUT2D eigenvalue weighted by molar-refractivity contribution is -0.596. The van der Waals surface area contributed by atoms with Crippen molar-refractivity contribution in [1.29, 1.82) is 0 Å². The molecule has 1 aliphatic rings. The number of nitrogens with zero attached hydrogens (tertiary/aromatic N) is 1. The van der Waals surface area contributed by atoms with Crippen LogP contribution in [0.15, 0.2) is 84.0 Å². The maximum Gasteiger partial charge on any atom is 0.425 e. The Morgan fingerprint density at radius 1 is 0.767 bits per heavy atom. The summed E-state index contributed by atoms with van der Waals surface area (Å²) in [5.74, 6) is -1.70. The number of phenolic OH excluding ortho intramolecular Hbond substituents is 2. The molecule has 16 heteroatoms. The van der Waals surface area contributed by atoms with Crippen LogP contribution in [0.25, 0.3) is 5.69 Å². The molecule has 43 heavy (non-hydrogen) atoms. The minimum Gasteiger partial charge on any atom is -1.00 e. The first-order valence-electron chi connectivity index (χ1n) is 11.5. The number of rotatable bonds is 3. The molecular formula is C27H20ClNO12S2. The van der Waals surface area contributed by atoms with E-state index in [1.165, 1.54) is 53.4 Å². The van der Waals surface area contributed by atoms with E-state index in [0.29, 0.717) is 16.8 Å². The summed E-state index contributed by atoms with van der Waals surface area (Å²) in [6.07, 6.45) is 3.01. The molecule has 13 nitrogen and oxygen atoms in total. The highest BCUT2D eigenvalue weighted by Crippen LogP contribution is 2.29. The number of carboxylic acid groups (broad SMARTS) is 1. The predicted molar refractivity (Wildman–Crippen MR) is 142 cm³/mol. The number of carbonyl (C=O) groups excluding carboxylic acids is 2. The number of aromatic hydroxyl groups is 2. The van der Waals surface area contributed by atoms with E-state index in [2.05, 4.69) is 0 Å². The third-order valence-corrected chi connectivity index (χ3v) is 6.69. The van der Waals surface area contributed by atoms with E-state index >= 15 is 0 Å². The molecule has 5 rings (SSSR count). The van der Waals surface area contributed by atoms with Gasteiger partial charge in [-0.3, -0.25) is 14.1 Å². The monoisotopic (exact) mass is 649 g/mol. The second-order valence-corrected chi connectivity index (χ2v) is 10.3. The fourth-order valence-electron chi connectivity index (χ4n) is 3.85. The summed E-state index contributed by atoms with van der Waals surface area (Å²) in [4.78, 5) is 34.9. The summed E-state index contributed by atoms with van der Waals surface area (Å²) in [5.41, 5.74) is 1.77. The fraction of sp³-hybridized carbons (Fsp3) is 0.0370. The Balaban J connectivity index is 0.000000263. The molecule has 0 spiro atoms. The summed E-state index contributed by atoms with van der Waals surface area (Å²) in [5, 5.41) is 28.2. The topological polar surface area (TPSA) is 221 Å². The molecule has 4 aromatic rings. The number of hydrogen-bond acceptors (Lipinski definition) is 10. The minimum absolute atomic E-state index is 0. The van der Waals surface area contributed by atoms with Crippen LogP contribution in [0.5, 0.6) is 11.5 Å². The highest BCUT2D eigenvalue weighted by Gasteiger charge is 2.30. The number of pyridine rings is 1. The zero-order valence-corrected chi connectivity index (χ0v) is 24.1. The number of benzene rings is 3. The highest BCUT2D eigenvalue weighted by molar-refractivity contribution is 7.85. The van der Waals surface area contributed by atoms with Gasteiger partial charge >= 0.3 is 16.6 Å². The first-order chi connectivity index (χ1) is 19.6. The van der Waals surface area contributed by atoms with Crippen LogP contribution in [0.1, 0.15) is 47.8 Å². The van der Waals surface area contributed by atoms with E-state index < -0.39 is 37.4 Å². The number of carboxylic acids is 1. The number of hydrogen-bond donors (Lipinski definition) is 4. The van der Waals surface area contributed by atoms with Crippen molar-refractivity contribution in [3.05, 3.63) is 113 Å². The van der Waals surface area contributed by atoms with Crippen LogP contribution in [0, 0.1) is 6.92 Å². The highest BCUT2D eigenvalue weighted by atomic mass is 35.5. The molecule has 1 heterocycles. The van der Waals surface area contributed by atoms with Crippen molar-refractivity contribution >= 4 is 38.3 Å². The molecule has 0 bridgehead atoms.